The molecule has 1 heterocycles. The molecular weight excluding hydrogens is 302 g/mol. The second-order valence-electron chi connectivity index (χ2n) is 3.73. The van der Waals surface area contributed by atoms with Crippen molar-refractivity contribution in [3.05, 3.63) is 34.6 Å². The van der Waals surface area contributed by atoms with Gasteiger partial charge in [0, 0.05) is 17.1 Å². The Morgan fingerprint density at radius 2 is 2.12 bits per heavy atom. The lowest BCUT2D eigenvalue weighted by Gasteiger charge is -2.09. The standard InChI is InChI=1S/C12H13BrClN3/c1-3-17-11(7-13)15-16-12(17)9-5-4-6-10(14)8(9)2/h4-6H,3,7H2,1-2H3. The summed E-state index contributed by atoms with van der Waals surface area (Å²) >= 11 is 9.55. The van der Waals surface area contributed by atoms with Gasteiger partial charge in [0.25, 0.3) is 0 Å². The number of alkyl halides is 1. The first-order valence-corrected chi connectivity index (χ1v) is 6.92. The third-order valence-electron chi connectivity index (χ3n) is 2.77. The van der Waals surface area contributed by atoms with E-state index in [1.165, 1.54) is 0 Å². The summed E-state index contributed by atoms with van der Waals surface area (Å²) < 4.78 is 2.09. The van der Waals surface area contributed by atoms with Gasteiger partial charge >= 0.3 is 0 Å². The fraction of sp³-hybridized carbons (Fsp3) is 0.333. The van der Waals surface area contributed by atoms with Crippen LogP contribution in [0.5, 0.6) is 0 Å². The van der Waals surface area contributed by atoms with Crippen molar-refractivity contribution in [1.82, 2.24) is 14.8 Å². The molecule has 3 nitrogen and oxygen atoms in total. The summed E-state index contributed by atoms with van der Waals surface area (Å²) in [6, 6.07) is 5.85. The summed E-state index contributed by atoms with van der Waals surface area (Å²) in [5, 5.41) is 9.89. The second kappa shape index (κ2) is 5.19. The van der Waals surface area contributed by atoms with Crippen LogP contribution >= 0.6 is 27.5 Å². The maximum absolute atomic E-state index is 6.13. The molecule has 5 heteroatoms. The van der Waals surface area contributed by atoms with Gasteiger partial charge in [0.15, 0.2) is 5.82 Å². The van der Waals surface area contributed by atoms with Crippen molar-refractivity contribution in [3.8, 4) is 11.4 Å². The van der Waals surface area contributed by atoms with Gasteiger partial charge in [0.2, 0.25) is 0 Å². The third-order valence-corrected chi connectivity index (χ3v) is 3.68. The van der Waals surface area contributed by atoms with Crippen molar-refractivity contribution in [2.75, 3.05) is 0 Å². The van der Waals surface area contributed by atoms with Gasteiger partial charge in [-0.3, -0.25) is 0 Å². The molecule has 0 fully saturated rings. The number of benzene rings is 1. The highest BCUT2D eigenvalue weighted by Crippen LogP contribution is 2.27. The van der Waals surface area contributed by atoms with Gasteiger partial charge in [-0.1, -0.05) is 39.7 Å². The van der Waals surface area contributed by atoms with Crippen molar-refractivity contribution in [3.63, 3.8) is 0 Å². The SMILES string of the molecule is CCn1c(CBr)nnc1-c1cccc(Cl)c1C. The first-order valence-electron chi connectivity index (χ1n) is 5.42. The zero-order valence-corrected chi connectivity index (χ0v) is 12.1. The van der Waals surface area contributed by atoms with E-state index in [1.807, 2.05) is 25.1 Å². The molecule has 0 saturated carbocycles. The lowest BCUT2D eigenvalue weighted by atomic mass is 10.1. The van der Waals surface area contributed by atoms with Gasteiger partial charge in [-0.25, -0.2) is 0 Å². The maximum Gasteiger partial charge on any atom is 0.164 e. The van der Waals surface area contributed by atoms with E-state index >= 15 is 0 Å². The summed E-state index contributed by atoms with van der Waals surface area (Å²) in [5.41, 5.74) is 2.08. The van der Waals surface area contributed by atoms with Gasteiger partial charge in [0.05, 0.1) is 5.33 Å². The molecule has 1 aromatic heterocycles. The number of nitrogens with zero attached hydrogens (tertiary/aromatic N) is 3. The minimum Gasteiger partial charge on any atom is -0.311 e. The topological polar surface area (TPSA) is 30.7 Å². The van der Waals surface area contributed by atoms with E-state index in [4.69, 9.17) is 11.6 Å². The molecule has 0 bridgehead atoms. The van der Waals surface area contributed by atoms with E-state index in [2.05, 4.69) is 37.6 Å². The number of halogens is 2. The predicted octanol–water partition coefficient (Wildman–Crippen LogP) is 3.82. The molecule has 2 aromatic rings. The van der Waals surface area contributed by atoms with E-state index in [9.17, 15) is 0 Å². The molecule has 0 aliphatic carbocycles. The third kappa shape index (κ3) is 2.24. The van der Waals surface area contributed by atoms with E-state index in [-0.39, 0.29) is 0 Å². The lowest BCUT2D eigenvalue weighted by Crippen LogP contribution is -2.02. The highest BCUT2D eigenvalue weighted by Gasteiger charge is 2.14. The van der Waals surface area contributed by atoms with Crippen LogP contribution in [0.1, 0.15) is 18.3 Å². The van der Waals surface area contributed by atoms with Crippen LogP contribution in [-0.2, 0) is 11.9 Å². The highest BCUT2D eigenvalue weighted by atomic mass is 79.9. The van der Waals surface area contributed by atoms with Crippen LogP contribution in [0, 0.1) is 6.92 Å². The average molecular weight is 315 g/mol. The lowest BCUT2D eigenvalue weighted by molar-refractivity contribution is 0.733. The Morgan fingerprint density at radius 3 is 2.76 bits per heavy atom. The highest BCUT2D eigenvalue weighted by molar-refractivity contribution is 9.08. The second-order valence-corrected chi connectivity index (χ2v) is 4.70. The molecule has 0 unspecified atom stereocenters. The number of rotatable bonds is 3. The average Bonchev–Trinajstić information content (AvgIpc) is 2.75. The first-order chi connectivity index (χ1) is 8.19. The fourth-order valence-electron chi connectivity index (χ4n) is 1.82. The molecule has 90 valence electrons. The zero-order chi connectivity index (χ0) is 12.4. The number of hydrogen-bond acceptors (Lipinski definition) is 2. The van der Waals surface area contributed by atoms with E-state index in [0.717, 1.165) is 34.3 Å². The molecular formula is C12H13BrClN3. The van der Waals surface area contributed by atoms with E-state index < -0.39 is 0 Å². The molecule has 0 radical (unpaired) electrons. The van der Waals surface area contributed by atoms with Crippen molar-refractivity contribution in [1.29, 1.82) is 0 Å². The number of aromatic nitrogens is 3. The minimum absolute atomic E-state index is 0.702. The Balaban J connectivity index is 2.60. The smallest absolute Gasteiger partial charge is 0.164 e. The molecule has 1 aromatic carbocycles. The Kier molecular flexibility index (Phi) is 3.84. The zero-order valence-electron chi connectivity index (χ0n) is 9.74. The van der Waals surface area contributed by atoms with Gasteiger partial charge in [0.1, 0.15) is 5.82 Å². The van der Waals surface area contributed by atoms with E-state index in [1.54, 1.807) is 0 Å². The predicted molar refractivity (Wildman–Crippen MR) is 73.5 cm³/mol. The molecule has 0 amide bonds. The van der Waals surface area contributed by atoms with Crippen LogP contribution < -0.4 is 0 Å². The van der Waals surface area contributed by atoms with Crippen LogP contribution in [-0.4, -0.2) is 14.8 Å². The molecule has 0 atom stereocenters. The molecule has 0 spiro atoms. The largest absolute Gasteiger partial charge is 0.311 e. The van der Waals surface area contributed by atoms with Gasteiger partial charge < -0.3 is 4.57 Å². The maximum atomic E-state index is 6.13. The van der Waals surface area contributed by atoms with Gasteiger partial charge in [-0.15, -0.1) is 10.2 Å². The number of hydrogen-bond donors (Lipinski definition) is 0. The van der Waals surface area contributed by atoms with Crippen molar-refractivity contribution < 1.29 is 0 Å². The van der Waals surface area contributed by atoms with Crippen LogP contribution in [0.25, 0.3) is 11.4 Å². The molecule has 17 heavy (non-hydrogen) atoms. The molecule has 2 rings (SSSR count). The van der Waals surface area contributed by atoms with Gasteiger partial charge in [-0.2, -0.15) is 0 Å². The van der Waals surface area contributed by atoms with Crippen LogP contribution in [0.2, 0.25) is 5.02 Å². The van der Waals surface area contributed by atoms with Crippen molar-refractivity contribution >= 4 is 27.5 Å². The summed E-state index contributed by atoms with van der Waals surface area (Å²) in [4.78, 5) is 0. The Bertz CT molecular complexity index is 537. The molecule has 0 aliphatic heterocycles. The van der Waals surface area contributed by atoms with Crippen LogP contribution in [0.4, 0.5) is 0 Å². The Hall–Kier alpha value is -0.870. The van der Waals surface area contributed by atoms with Crippen LogP contribution in [0.3, 0.4) is 0 Å². The molecule has 0 aliphatic rings. The summed E-state index contributed by atoms with van der Waals surface area (Å²) in [6.07, 6.45) is 0. The first kappa shape index (κ1) is 12.6. The van der Waals surface area contributed by atoms with Crippen molar-refractivity contribution in [2.45, 2.75) is 25.7 Å². The molecule has 0 saturated heterocycles. The summed E-state index contributed by atoms with van der Waals surface area (Å²) in [7, 11) is 0. The normalized spacial score (nSPS) is 10.8. The summed E-state index contributed by atoms with van der Waals surface area (Å²) in [6.45, 7) is 4.92. The quantitative estimate of drug-likeness (QED) is 0.806. The van der Waals surface area contributed by atoms with E-state index in [0.29, 0.717) is 5.33 Å². The summed E-state index contributed by atoms with van der Waals surface area (Å²) in [5.74, 6) is 1.81. The Morgan fingerprint density at radius 1 is 1.35 bits per heavy atom. The van der Waals surface area contributed by atoms with Crippen molar-refractivity contribution in [2.24, 2.45) is 0 Å². The minimum atomic E-state index is 0.702. The molecule has 0 N–H and O–H groups in total. The Labute approximate surface area is 114 Å². The monoisotopic (exact) mass is 313 g/mol. The van der Waals surface area contributed by atoms with Crippen LogP contribution in [0.15, 0.2) is 18.2 Å². The van der Waals surface area contributed by atoms with Gasteiger partial charge in [-0.05, 0) is 25.5 Å². The fourth-order valence-corrected chi connectivity index (χ4v) is 2.40.